The number of pyridine rings is 1. The van der Waals surface area contributed by atoms with Gasteiger partial charge < -0.3 is 5.32 Å². The zero-order chi connectivity index (χ0) is 10.2. The Kier molecular flexibility index (Phi) is 5.23. The average molecular weight is 192 g/mol. The molecule has 0 radical (unpaired) electrons. The second-order valence-corrected chi connectivity index (χ2v) is 3.38. The van der Waals surface area contributed by atoms with Gasteiger partial charge in [0.25, 0.3) is 0 Å². The summed E-state index contributed by atoms with van der Waals surface area (Å²) in [5.41, 5.74) is 1.23. The molecule has 2 nitrogen and oxygen atoms in total. The van der Waals surface area contributed by atoms with Crippen LogP contribution in [0, 0.1) is 5.92 Å². The molecule has 0 aromatic carbocycles. The van der Waals surface area contributed by atoms with E-state index in [1.165, 1.54) is 18.7 Å². The van der Waals surface area contributed by atoms with Crippen LogP contribution >= 0.6 is 0 Å². The molecular weight excluding hydrogens is 172 g/mol. The standard InChI is InChI=1S/C10H14N2.C2H6/c1-2-5-12-10(3-1)7-9-4-6-11-8-9;1-2/h1-3,5,9,11H,4,6-8H2;1-2H3. The van der Waals surface area contributed by atoms with Gasteiger partial charge in [0.15, 0.2) is 0 Å². The lowest BCUT2D eigenvalue weighted by atomic mass is 10.0. The number of hydrogen-bond acceptors (Lipinski definition) is 2. The highest BCUT2D eigenvalue weighted by Crippen LogP contribution is 2.12. The Morgan fingerprint density at radius 2 is 2.29 bits per heavy atom. The van der Waals surface area contributed by atoms with Crippen molar-refractivity contribution in [3.63, 3.8) is 0 Å². The van der Waals surface area contributed by atoms with Crippen molar-refractivity contribution in [3.05, 3.63) is 30.1 Å². The summed E-state index contributed by atoms with van der Waals surface area (Å²) in [6.45, 7) is 6.34. The molecule has 0 spiro atoms. The molecule has 0 bridgehead atoms. The highest BCUT2D eigenvalue weighted by Gasteiger charge is 2.14. The highest BCUT2D eigenvalue weighted by atomic mass is 14.9. The lowest BCUT2D eigenvalue weighted by Gasteiger charge is -2.05. The summed E-state index contributed by atoms with van der Waals surface area (Å²) in [4.78, 5) is 4.31. The molecule has 0 aliphatic carbocycles. The molecule has 2 rings (SSSR count). The summed E-state index contributed by atoms with van der Waals surface area (Å²) >= 11 is 0. The maximum absolute atomic E-state index is 4.31. The first kappa shape index (κ1) is 11.2. The smallest absolute Gasteiger partial charge is 0.0406 e. The number of nitrogens with zero attached hydrogens (tertiary/aromatic N) is 1. The maximum Gasteiger partial charge on any atom is 0.0406 e. The van der Waals surface area contributed by atoms with Crippen molar-refractivity contribution in [1.29, 1.82) is 0 Å². The van der Waals surface area contributed by atoms with Crippen LogP contribution < -0.4 is 5.32 Å². The molecular formula is C12H20N2. The summed E-state index contributed by atoms with van der Waals surface area (Å²) in [5, 5.41) is 3.36. The van der Waals surface area contributed by atoms with Crippen molar-refractivity contribution in [1.82, 2.24) is 10.3 Å². The molecule has 1 aliphatic rings. The lowest BCUT2D eigenvalue weighted by Crippen LogP contribution is -2.11. The van der Waals surface area contributed by atoms with Gasteiger partial charge in [0.2, 0.25) is 0 Å². The molecule has 1 saturated heterocycles. The fourth-order valence-electron chi connectivity index (χ4n) is 1.70. The molecule has 2 heterocycles. The van der Waals surface area contributed by atoms with Crippen molar-refractivity contribution in [3.8, 4) is 0 Å². The van der Waals surface area contributed by atoms with Crippen molar-refractivity contribution >= 4 is 0 Å². The third kappa shape index (κ3) is 3.46. The van der Waals surface area contributed by atoms with Crippen LogP contribution in [0.15, 0.2) is 24.4 Å². The zero-order valence-electron chi connectivity index (χ0n) is 9.16. The Morgan fingerprint density at radius 3 is 2.86 bits per heavy atom. The normalized spacial score (nSPS) is 20.0. The second-order valence-electron chi connectivity index (χ2n) is 3.38. The first-order valence-corrected chi connectivity index (χ1v) is 5.56. The predicted octanol–water partition coefficient (Wildman–Crippen LogP) is 2.26. The molecule has 1 unspecified atom stereocenters. The van der Waals surface area contributed by atoms with E-state index in [1.807, 2.05) is 26.1 Å². The van der Waals surface area contributed by atoms with E-state index < -0.39 is 0 Å². The fraction of sp³-hybridized carbons (Fsp3) is 0.583. The fourth-order valence-corrected chi connectivity index (χ4v) is 1.70. The molecule has 0 amide bonds. The van der Waals surface area contributed by atoms with Crippen LogP contribution in [-0.4, -0.2) is 18.1 Å². The van der Waals surface area contributed by atoms with Gasteiger partial charge in [-0.25, -0.2) is 0 Å². The van der Waals surface area contributed by atoms with E-state index in [1.54, 1.807) is 0 Å². The Labute approximate surface area is 86.8 Å². The van der Waals surface area contributed by atoms with Crippen molar-refractivity contribution in [2.75, 3.05) is 13.1 Å². The van der Waals surface area contributed by atoms with Crippen LogP contribution in [0.1, 0.15) is 26.0 Å². The summed E-state index contributed by atoms with van der Waals surface area (Å²) in [6, 6.07) is 6.14. The van der Waals surface area contributed by atoms with Gasteiger partial charge in [-0.1, -0.05) is 19.9 Å². The van der Waals surface area contributed by atoms with E-state index in [0.717, 1.165) is 18.9 Å². The minimum Gasteiger partial charge on any atom is -0.316 e. The van der Waals surface area contributed by atoms with Crippen molar-refractivity contribution < 1.29 is 0 Å². The zero-order valence-corrected chi connectivity index (χ0v) is 9.16. The minimum atomic E-state index is 0.805. The van der Waals surface area contributed by atoms with Gasteiger partial charge in [0, 0.05) is 11.9 Å². The molecule has 0 saturated carbocycles. The molecule has 2 heteroatoms. The molecule has 1 fully saturated rings. The van der Waals surface area contributed by atoms with Gasteiger partial charge in [0.05, 0.1) is 0 Å². The van der Waals surface area contributed by atoms with E-state index in [-0.39, 0.29) is 0 Å². The third-order valence-corrected chi connectivity index (χ3v) is 2.39. The molecule has 1 atom stereocenters. The molecule has 14 heavy (non-hydrogen) atoms. The van der Waals surface area contributed by atoms with Gasteiger partial charge in [-0.15, -0.1) is 0 Å². The average Bonchev–Trinajstić information content (AvgIpc) is 2.75. The molecule has 1 aromatic heterocycles. The maximum atomic E-state index is 4.31. The van der Waals surface area contributed by atoms with Crippen LogP contribution in [0.5, 0.6) is 0 Å². The highest BCUT2D eigenvalue weighted by molar-refractivity contribution is 5.04. The Morgan fingerprint density at radius 1 is 1.43 bits per heavy atom. The number of nitrogens with one attached hydrogen (secondary N) is 1. The summed E-state index contributed by atoms with van der Waals surface area (Å²) in [5.74, 6) is 0.805. The van der Waals surface area contributed by atoms with E-state index in [9.17, 15) is 0 Å². The quantitative estimate of drug-likeness (QED) is 0.777. The summed E-state index contributed by atoms with van der Waals surface area (Å²) in [7, 11) is 0. The van der Waals surface area contributed by atoms with Crippen LogP contribution in [-0.2, 0) is 6.42 Å². The van der Waals surface area contributed by atoms with E-state index in [2.05, 4.69) is 22.4 Å². The van der Waals surface area contributed by atoms with E-state index in [4.69, 9.17) is 0 Å². The Bertz CT molecular complexity index is 227. The third-order valence-electron chi connectivity index (χ3n) is 2.39. The Balaban J connectivity index is 0.000000461. The monoisotopic (exact) mass is 192 g/mol. The molecule has 78 valence electrons. The van der Waals surface area contributed by atoms with Gasteiger partial charge in [-0.2, -0.15) is 0 Å². The predicted molar refractivity (Wildman–Crippen MR) is 60.3 cm³/mol. The van der Waals surface area contributed by atoms with Crippen molar-refractivity contribution in [2.24, 2.45) is 5.92 Å². The Hall–Kier alpha value is -0.890. The minimum absolute atomic E-state index is 0.805. The first-order valence-electron chi connectivity index (χ1n) is 5.56. The van der Waals surface area contributed by atoms with Crippen LogP contribution in [0.25, 0.3) is 0 Å². The molecule has 1 aliphatic heterocycles. The van der Waals surface area contributed by atoms with E-state index >= 15 is 0 Å². The van der Waals surface area contributed by atoms with Gasteiger partial charge in [-0.3, -0.25) is 4.98 Å². The van der Waals surface area contributed by atoms with Gasteiger partial charge >= 0.3 is 0 Å². The lowest BCUT2D eigenvalue weighted by molar-refractivity contribution is 0.572. The number of hydrogen-bond donors (Lipinski definition) is 1. The van der Waals surface area contributed by atoms with Crippen molar-refractivity contribution in [2.45, 2.75) is 26.7 Å². The van der Waals surface area contributed by atoms with Crippen LogP contribution in [0.3, 0.4) is 0 Å². The number of rotatable bonds is 2. The summed E-state index contributed by atoms with van der Waals surface area (Å²) < 4.78 is 0. The second kappa shape index (κ2) is 6.55. The van der Waals surface area contributed by atoms with Crippen LogP contribution in [0.4, 0.5) is 0 Å². The van der Waals surface area contributed by atoms with E-state index in [0.29, 0.717) is 0 Å². The van der Waals surface area contributed by atoms with Gasteiger partial charge in [-0.05, 0) is 44.0 Å². The van der Waals surface area contributed by atoms with Gasteiger partial charge in [0.1, 0.15) is 0 Å². The summed E-state index contributed by atoms with van der Waals surface area (Å²) in [6.07, 6.45) is 4.31. The topological polar surface area (TPSA) is 24.9 Å². The van der Waals surface area contributed by atoms with Crippen LogP contribution in [0.2, 0.25) is 0 Å². The molecule has 1 aromatic rings. The largest absolute Gasteiger partial charge is 0.316 e. The molecule has 1 N–H and O–H groups in total. The number of aromatic nitrogens is 1. The first-order chi connectivity index (χ1) is 6.95. The SMILES string of the molecule is CC.c1ccc(CC2CCNC2)nc1.